The fraction of sp³-hybridized carbons (Fsp3) is 0.0952. The predicted molar refractivity (Wildman–Crippen MR) is 115 cm³/mol. The number of hydrogen-bond donors (Lipinski definition) is 2. The summed E-state index contributed by atoms with van der Waals surface area (Å²) in [6, 6.07) is 19.2. The summed E-state index contributed by atoms with van der Waals surface area (Å²) in [6.45, 7) is 0.332. The van der Waals surface area contributed by atoms with Gasteiger partial charge in [0.15, 0.2) is 5.16 Å². The molecule has 4 rings (SSSR count). The Hall–Kier alpha value is -2.84. The number of furan rings is 1. The minimum Gasteiger partial charge on any atom is -0.459 e. The summed E-state index contributed by atoms with van der Waals surface area (Å²) in [7, 11) is 0. The standard InChI is InChI=1S/C21H17BrN4O2S/c22-17-7-5-15(6-8-17)19-10-9-18(28-19)11-23-20(27)16-3-1-14(2-4-16)12-29-21-24-13-25-26-21/h1-10,13H,11-12H2,(H,23,27)(H,24,25,26). The van der Waals surface area contributed by atoms with E-state index in [9.17, 15) is 4.79 Å². The van der Waals surface area contributed by atoms with Crippen LogP contribution in [0, 0.1) is 0 Å². The third-order valence-electron chi connectivity index (χ3n) is 4.20. The first-order valence-corrected chi connectivity index (χ1v) is 10.7. The van der Waals surface area contributed by atoms with Crippen molar-refractivity contribution in [3.8, 4) is 11.3 Å². The summed E-state index contributed by atoms with van der Waals surface area (Å²) in [5.41, 5.74) is 2.70. The average molecular weight is 469 g/mol. The lowest BCUT2D eigenvalue weighted by Crippen LogP contribution is -2.22. The summed E-state index contributed by atoms with van der Waals surface area (Å²) < 4.78 is 6.85. The van der Waals surface area contributed by atoms with Gasteiger partial charge in [0.05, 0.1) is 6.54 Å². The average Bonchev–Trinajstić information content (AvgIpc) is 3.44. The number of hydrogen-bond acceptors (Lipinski definition) is 5. The molecule has 0 aliphatic carbocycles. The number of halogens is 1. The number of rotatable bonds is 7. The van der Waals surface area contributed by atoms with Crippen molar-refractivity contribution in [2.24, 2.45) is 0 Å². The van der Waals surface area contributed by atoms with Crippen LogP contribution >= 0.6 is 27.7 Å². The highest BCUT2D eigenvalue weighted by molar-refractivity contribution is 9.10. The van der Waals surface area contributed by atoms with Crippen LogP contribution in [0.2, 0.25) is 0 Å². The zero-order valence-electron chi connectivity index (χ0n) is 15.3. The molecule has 0 aliphatic heterocycles. The van der Waals surface area contributed by atoms with Crippen LogP contribution in [0.4, 0.5) is 0 Å². The van der Waals surface area contributed by atoms with Crippen molar-refractivity contribution in [3.63, 3.8) is 0 Å². The first-order chi connectivity index (χ1) is 14.2. The lowest BCUT2D eigenvalue weighted by molar-refractivity contribution is 0.0948. The molecule has 0 bridgehead atoms. The number of nitrogens with zero attached hydrogens (tertiary/aromatic N) is 2. The number of amides is 1. The van der Waals surface area contributed by atoms with Gasteiger partial charge in [-0.3, -0.25) is 9.89 Å². The molecule has 0 spiro atoms. The fourth-order valence-corrected chi connectivity index (χ4v) is 3.68. The molecule has 2 aromatic carbocycles. The van der Waals surface area contributed by atoms with Crippen molar-refractivity contribution < 1.29 is 9.21 Å². The van der Waals surface area contributed by atoms with Gasteiger partial charge in [-0.2, -0.15) is 5.10 Å². The third-order valence-corrected chi connectivity index (χ3v) is 5.67. The van der Waals surface area contributed by atoms with Gasteiger partial charge in [-0.05, 0) is 42.0 Å². The quantitative estimate of drug-likeness (QED) is 0.370. The molecular weight excluding hydrogens is 452 g/mol. The van der Waals surface area contributed by atoms with E-state index in [0.717, 1.165) is 32.3 Å². The molecule has 0 unspecified atom stereocenters. The lowest BCUT2D eigenvalue weighted by Gasteiger charge is -2.05. The van der Waals surface area contributed by atoms with E-state index in [4.69, 9.17) is 4.42 Å². The SMILES string of the molecule is O=C(NCc1ccc(-c2ccc(Br)cc2)o1)c1ccc(CSc2ncn[nH]2)cc1. The number of carbonyl (C=O) groups excluding carboxylic acids is 1. The van der Waals surface area contributed by atoms with Gasteiger partial charge in [0.1, 0.15) is 17.8 Å². The molecule has 2 aromatic heterocycles. The first-order valence-electron chi connectivity index (χ1n) is 8.87. The van der Waals surface area contributed by atoms with Gasteiger partial charge < -0.3 is 9.73 Å². The molecule has 8 heteroatoms. The van der Waals surface area contributed by atoms with Crippen molar-refractivity contribution in [1.82, 2.24) is 20.5 Å². The molecule has 1 amide bonds. The van der Waals surface area contributed by atoms with Gasteiger partial charge in [-0.15, -0.1) is 0 Å². The number of nitrogens with one attached hydrogen (secondary N) is 2. The first kappa shape index (κ1) is 19.5. The summed E-state index contributed by atoms with van der Waals surface area (Å²) in [5, 5.41) is 10.3. The molecule has 0 radical (unpaired) electrons. The van der Waals surface area contributed by atoms with Crippen LogP contribution in [0.3, 0.4) is 0 Å². The number of aromatic amines is 1. The minimum atomic E-state index is -0.138. The molecule has 0 atom stereocenters. The summed E-state index contributed by atoms with van der Waals surface area (Å²) in [5.74, 6) is 2.09. The Morgan fingerprint density at radius 3 is 2.59 bits per heavy atom. The lowest BCUT2D eigenvalue weighted by atomic mass is 10.1. The van der Waals surface area contributed by atoms with Crippen molar-refractivity contribution >= 4 is 33.6 Å². The van der Waals surface area contributed by atoms with Gasteiger partial charge in [0, 0.05) is 21.4 Å². The van der Waals surface area contributed by atoms with Gasteiger partial charge in [0.25, 0.3) is 5.91 Å². The largest absolute Gasteiger partial charge is 0.459 e. The maximum atomic E-state index is 12.4. The van der Waals surface area contributed by atoms with Gasteiger partial charge in [-0.25, -0.2) is 4.98 Å². The van der Waals surface area contributed by atoms with Crippen molar-refractivity contribution in [2.45, 2.75) is 17.5 Å². The normalized spacial score (nSPS) is 10.8. The van der Waals surface area contributed by atoms with Crippen LogP contribution < -0.4 is 5.32 Å². The van der Waals surface area contributed by atoms with Crippen LogP contribution in [0.1, 0.15) is 21.7 Å². The molecule has 29 heavy (non-hydrogen) atoms. The highest BCUT2D eigenvalue weighted by Gasteiger charge is 2.09. The molecule has 2 N–H and O–H groups in total. The fourth-order valence-electron chi connectivity index (χ4n) is 2.68. The number of benzene rings is 2. The molecular formula is C21H17BrN4O2S. The Bertz CT molecular complexity index is 1080. The number of thioether (sulfide) groups is 1. The molecule has 2 heterocycles. The zero-order valence-corrected chi connectivity index (χ0v) is 17.7. The van der Waals surface area contributed by atoms with Crippen LogP contribution in [-0.2, 0) is 12.3 Å². The van der Waals surface area contributed by atoms with Crippen LogP contribution in [0.5, 0.6) is 0 Å². The molecule has 146 valence electrons. The Balaban J connectivity index is 1.31. The molecule has 6 nitrogen and oxygen atoms in total. The Kier molecular flexibility index (Phi) is 6.12. The van der Waals surface area contributed by atoms with E-state index in [-0.39, 0.29) is 5.91 Å². The highest BCUT2D eigenvalue weighted by Crippen LogP contribution is 2.24. The molecule has 0 saturated carbocycles. The summed E-state index contributed by atoms with van der Waals surface area (Å²) in [6.07, 6.45) is 1.48. The second-order valence-electron chi connectivity index (χ2n) is 6.23. The highest BCUT2D eigenvalue weighted by atomic mass is 79.9. The van der Waals surface area contributed by atoms with Crippen molar-refractivity contribution in [1.29, 1.82) is 0 Å². The number of H-pyrrole nitrogens is 1. The maximum absolute atomic E-state index is 12.4. The van der Waals surface area contributed by atoms with E-state index in [0.29, 0.717) is 17.9 Å². The number of aromatic nitrogens is 3. The summed E-state index contributed by atoms with van der Waals surface area (Å²) in [4.78, 5) is 16.5. The van der Waals surface area contributed by atoms with Crippen LogP contribution in [0.15, 0.2) is 81.0 Å². The Morgan fingerprint density at radius 1 is 1.07 bits per heavy atom. The van der Waals surface area contributed by atoms with E-state index >= 15 is 0 Å². The predicted octanol–water partition coefficient (Wildman–Crippen LogP) is 5.05. The molecule has 0 fully saturated rings. The monoisotopic (exact) mass is 468 g/mol. The van der Waals surface area contributed by atoms with E-state index in [1.807, 2.05) is 60.7 Å². The van der Waals surface area contributed by atoms with Gasteiger partial charge in [-0.1, -0.05) is 52.0 Å². The van der Waals surface area contributed by atoms with Crippen molar-refractivity contribution in [3.05, 3.63) is 88.4 Å². The van der Waals surface area contributed by atoms with E-state index < -0.39 is 0 Å². The summed E-state index contributed by atoms with van der Waals surface area (Å²) >= 11 is 4.98. The van der Waals surface area contributed by atoms with Gasteiger partial charge in [0.2, 0.25) is 0 Å². The third kappa shape index (κ3) is 5.16. The topological polar surface area (TPSA) is 83.8 Å². The minimum absolute atomic E-state index is 0.138. The molecule has 0 aliphatic rings. The smallest absolute Gasteiger partial charge is 0.251 e. The number of carbonyl (C=O) groups is 1. The second-order valence-corrected chi connectivity index (χ2v) is 8.11. The van der Waals surface area contributed by atoms with E-state index in [2.05, 4.69) is 36.4 Å². The Morgan fingerprint density at radius 2 is 1.86 bits per heavy atom. The van der Waals surface area contributed by atoms with Crippen LogP contribution in [-0.4, -0.2) is 21.1 Å². The second kappa shape index (κ2) is 9.11. The van der Waals surface area contributed by atoms with E-state index in [1.54, 1.807) is 11.8 Å². The Labute approximate surface area is 180 Å². The molecule has 0 saturated heterocycles. The zero-order chi connectivity index (χ0) is 20.1. The van der Waals surface area contributed by atoms with E-state index in [1.165, 1.54) is 6.33 Å². The maximum Gasteiger partial charge on any atom is 0.251 e. The van der Waals surface area contributed by atoms with Gasteiger partial charge >= 0.3 is 0 Å². The molecule has 4 aromatic rings. The van der Waals surface area contributed by atoms with Crippen LogP contribution in [0.25, 0.3) is 11.3 Å². The van der Waals surface area contributed by atoms with Crippen molar-refractivity contribution in [2.75, 3.05) is 0 Å².